The number of aromatic nitrogens is 1. The summed E-state index contributed by atoms with van der Waals surface area (Å²) >= 11 is 5.89. The Morgan fingerprint density at radius 2 is 1.95 bits per heavy atom. The molecule has 1 fully saturated rings. The molecule has 0 saturated heterocycles. The highest BCUT2D eigenvalue weighted by Gasteiger charge is 2.30. The minimum Gasteiger partial charge on any atom is -0.478 e. The number of aryl methyl sites for hydroxylation is 1. The summed E-state index contributed by atoms with van der Waals surface area (Å²) in [7, 11) is 0. The summed E-state index contributed by atoms with van der Waals surface area (Å²) in [5.41, 5.74) is 3.70. The zero-order valence-corrected chi connectivity index (χ0v) is 11.8. The van der Waals surface area contributed by atoms with E-state index >= 15 is 0 Å². The average Bonchev–Trinajstić information content (AvgIpc) is 3.23. The van der Waals surface area contributed by atoms with E-state index in [4.69, 9.17) is 11.6 Å². The van der Waals surface area contributed by atoms with E-state index in [9.17, 15) is 9.90 Å². The minimum atomic E-state index is -0.908. The maximum Gasteiger partial charge on any atom is 0.337 e. The quantitative estimate of drug-likeness (QED) is 0.916. The summed E-state index contributed by atoms with van der Waals surface area (Å²) in [6.45, 7) is 1.92. The summed E-state index contributed by atoms with van der Waals surface area (Å²) in [4.78, 5) is 16.0. The van der Waals surface area contributed by atoms with Crippen LogP contribution in [0.15, 0.2) is 30.3 Å². The van der Waals surface area contributed by atoms with Gasteiger partial charge in [0.2, 0.25) is 0 Å². The summed E-state index contributed by atoms with van der Waals surface area (Å²) in [6.07, 6.45) is 2.07. The topological polar surface area (TPSA) is 50.2 Å². The van der Waals surface area contributed by atoms with Gasteiger partial charge in [-0.15, -0.1) is 0 Å². The van der Waals surface area contributed by atoms with E-state index in [1.165, 1.54) is 0 Å². The highest BCUT2D eigenvalue weighted by Crippen LogP contribution is 2.42. The van der Waals surface area contributed by atoms with Gasteiger partial charge in [0.25, 0.3) is 0 Å². The van der Waals surface area contributed by atoms with Crippen molar-refractivity contribution in [1.82, 2.24) is 4.98 Å². The second kappa shape index (κ2) is 4.91. The second-order valence-electron chi connectivity index (χ2n) is 5.14. The van der Waals surface area contributed by atoms with E-state index in [-0.39, 0.29) is 0 Å². The molecule has 20 heavy (non-hydrogen) atoms. The molecule has 2 aromatic rings. The van der Waals surface area contributed by atoms with Crippen LogP contribution in [-0.4, -0.2) is 16.1 Å². The number of carboxylic acids is 1. The zero-order valence-electron chi connectivity index (χ0n) is 11.1. The first-order valence-electron chi connectivity index (χ1n) is 6.57. The van der Waals surface area contributed by atoms with Gasteiger partial charge in [-0.3, -0.25) is 4.98 Å². The van der Waals surface area contributed by atoms with Crippen LogP contribution in [0.3, 0.4) is 0 Å². The molecule has 0 radical (unpaired) electrons. The Labute approximate surface area is 122 Å². The molecule has 3 rings (SSSR count). The summed E-state index contributed by atoms with van der Waals surface area (Å²) in [5.74, 6) is -0.589. The predicted molar refractivity (Wildman–Crippen MR) is 78.4 cm³/mol. The highest BCUT2D eigenvalue weighted by atomic mass is 35.5. The van der Waals surface area contributed by atoms with Crippen LogP contribution in [0.1, 0.15) is 40.5 Å². The van der Waals surface area contributed by atoms with Gasteiger partial charge in [0, 0.05) is 22.2 Å². The van der Waals surface area contributed by atoms with Gasteiger partial charge in [-0.05, 0) is 43.5 Å². The molecule has 1 aromatic carbocycles. The largest absolute Gasteiger partial charge is 0.478 e. The van der Waals surface area contributed by atoms with Gasteiger partial charge in [0.15, 0.2) is 0 Å². The first kappa shape index (κ1) is 13.1. The molecule has 102 valence electrons. The third kappa shape index (κ3) is 2.41. The van der Waals surface area contributed by atoms with Crippen LogP contribution >= 0.6 is 11.6 Å². The van der Waals surface area contributed by atoms with E-state index in [0.29, 0.717) is 16.5 Å². The zero-order chi connectivity index (χ0) is 14.3. The average molecular weight is 288 g/mol. The first-order chi connectivity index (χ1) is 9.56. The van der Waals surface area contributed by atoms with Crippen molar-refractivity contribution in [2.75, 3.05) is 0 Å². The summed E-state index contributed by atoms with van der Waals surface area (Å²) in [6, 6.07) is 9.10. The van der Waals surface area contributed by atoms with Crippen LogP contribution in [0.4, 0.5) is 0 Å². The number of nitrogens with zero attached hydrogens (tertiary/aromatic N) is 1. The van der Waals surface area contributed by atoms with Crippen molar-refractivity contribution in [2.24, 2.45) is 0 Å². The van der Waals surface area contributed by atoms with Gasteiger partial charge in [0.05, 0.1) is 11.3 Å². The molecule has 1 aromatic heterocycles. The molecule has 0 unspecified atom stereocenters. The lowest BCUT2D eigenvalue weighted by atomic mass is 9.99. The van der Waals surface area contributed by atoms with Gasteiger partial charge in [-0.2, -0.15) is 0 Å². The van der Waals surface area contributed by atoms with Crippen molar-refractivity contribution in [1.29, 1.82) is 0 Å². The smallest absolute Gasteiger partial charge is 0.337 e. The number of carboxylic acid groups (broad SMARTS) is 1. The van der Waals surface area contributed by atoms with E-state index in [1.807, 2.05) is 19.1 Å². The molecule has 1 saturated carbocycles. The number of hydrogen-bond donors (Lipinski definition) is 1. The molecule has 1 N–H and O–H groups in total. The highest BCUT2D eigenvalue weighted by molar-refractivity contribution is 6.30. The Hall–Kier alpha value is -1.87. The van der Waals surface area contributed by atoms with Gasteiger partial charge < -0.3 is 5.11 Å². The molecule has 0 amide bonds. The summed E-state index contributed by atoms with van der Waals surface area (Å²) < 4.78 is 0. The number of rotatable bonds is 3. The molecule has 0 aliphatic heterocycles. The van der Waals surface area contributed by atoms with Crippen LogP contribution < -0.4 is 0 Å². The fourth-order valence-corrected chi connectivity index (χ4v) is 2.51. The second-order valence-corrected chi connectivity index (χ2v) is 5.58. The maximum atomic E-state index is 11.4. The number of aromatic carboxylic acids is 1. The van der Waals surface area contributed by atoms with Crippen molar-refractivity contribution in [3.05, 3.63) is 52.3 Å². The molecule has 1 aliphatic carbocycles. The number of carbonyl (C=O) groups is 1. The lowest BCUT2D eigenvalue weighted by Gasteiger charge is -2.11. The molecular weight excluding hydrogens is 274 g/mol. The minimum absolute atomic E-state index is 0.319. The predicted octanol–water partition coefficient (Wildman–Crippen LogP) is 4.29. The summed E-state index contributed by atoms with van der Waals surface area (Å²) in [5, 5.41) is 10.0. The van der Waals surface area contributed by atoms with E-state index in [2.05, 4.69) is 4.98 Å². The third-order valence-corrected chi connectivity index (χ3v) is 3.84. The van der Waals surface area contributed by atoms with Gasteiger partial charge in [-0.25, -0.2) is 4.79 Å². The molecule has 1 heterocycles. The molecule has 3 nitrogen and oxygen atoms in total. The van der Waals surface area contributed by atoms with Crippen LogP contribution in [0.25, 0.3) is 11.1 Å². The van der Waals surface area contributed by atoms with Crippen molar-refractivity contribution >= 4 is 17.6 Å². The van der Waals surface area contributed by atoms with Crippen LogP contribution in [0.5, 0.6) is 0 Å². The standard InChI is InChI=1S/C16H14ClNO2/c1-9-13(10-4-6-12(17)7-5-10)8-14(16(19)20)15(18-9)11-2-3-11/h4-8,11H,2-3H2,1H3,(H,19,20). The molecule has 1 aliphatic rings. The van der Waals surface area contributed by atoms with Crippen molar-refractivity contribution in [2.45, 2.75) is 25.7 Å². The number of hydrogen-bond acceptors (Lipinski definition) is 2. The van der Waals surface area contributed by atoms with Crippen molar-refractivity contribution in [3.63, 3.8) is 0 Å². The SMILES string of the molecule is Cc1nc(C2CC2)c(C(=O)O)cc1-c1ccc(Cl)cc1. The molecule has 0 bridgehead atoms. The molecule has 0 spiro atoms. The Kier molecular flexibility index (Phi) is 3.22. The lowest BCUT2D eigenvalue weighted by Crippen LogP contribution is -2.06. The van der Waals surface area contributed by atoms with Gasteiger partial charge in [-0.1, -0.05) is 23.7 Å². The van der Waals surface area contributed by atoms with Crippen LogP contribution in [0, 0.1) is 6.92 Å². The van der Waals surface area contributed by atoms with E-state index in [0.717, 1.165) is 35.4 Å². The van der Waals surface area contributed by atoms with Gasteiger partial charge >= 0.3 is 5.97 Å². The number of halogens is 1. The molecular formula is C16H14ClNO2. The Balaban J connectivity index is 2.13. The van der Waals surface area contributed by atoms with E-state index < -0.39 is 5.97 Å². The molecule has 0 atom stereocenters. The van der Waals surface area contributed by atoms with Crippen molar-refractivity contribution in [3.8, 4) is 11.1 Å². The monoisotopic (exact) mass is 287 g/mol. The van der Waals surface area contributed by atoms with Crippen LogP contribution in [0.2, 0.25) is 5.02 Å². The fraction of sp³-hybridized carbons (Fsp3) is 0.250. The molecule has 4 heteroatoms. The number of benzene rings is 1. The first-order valence-corrected chi connectivity index (χ1v) is 6.95. The maximum absolute atomic E-state index is 11.4. The Morgan fingerprint density at radius 3 is 2.50 bits per heavy atom. The number of pyridine rings is 1. The third-order valence-electron chi connectivity index (χ3n) is 3.59. The Morgan fingerprint density at radius 1 is 1.30 bits per heavy atom. The normalized spacial score (nSPS) is 14.3. The van der Waals surface area contributed by atoms with Crippen LogP contribution in [-0.2, 0) is 0 Å². The van der Waals surface area contributed by atoms with Crippen molar-refractivity contribution < 1.29 is 9.90 Å². The van der Waals surface area contributed by atoms with Gasteiger partial charge in [0.1, 0.15) is 0 Å². The van der Waals surface area contributed by atoms with E-state index in [1.54, 1.807) is 18.2 Å². The fourth-order valence-electron chi connectivity index (χ4n) is 2.38. The lowest BCUT2D eigenvalue weighted by molar-refractivity contribution is 0.0695. The Bertz CT molecular complexity index is 676.